The Morgan fingerprint density at radius 2 is 2.00 bits per heavy atom. The van der Waals surface area contributed by atoms with Gasteiger partial charge in [-0.05, 0) is 32.4 Å². The summed E-state index contributed by atoms with van der Waals surface area (Å²) in [5.41, 5.74) is 0.980. The first-order chi connectivity index (χ1) is 9.92. The molecule has 0 radical (unpaired) electrons. The number of hydrogen-bond donors (Lipinski definition) is 0. The molecule has 0 aliphatic carbocycles. The molecule has 0 spiro atoms. The van der Waals surface area contributed by atoms with Crippen LogP contribution in [0.4, 0.5) is 5.69 Å². The Hall–Kier alpha value is -1.40. The fourth-order valence-electron chi connectivity index (χ4n) is 2.35. The summed E-state index contributed by atoms with van der Waals surface area (Å²) in [6.07, 6.45) is 0.918. The van der Waals surface area contributed by atoms with E-state index in [1.165, 1.54) is 4.31 Å². The molecule has 21 heavy (non-hydrogen) atoms. The molecule has 1 aromatic carbocycles. The molecule has 1 aliphatic rings. The third-order valence-electron chi connectivity index (χ3n) is 3.37. The van der Waals surface area contributed by atoms with Crippen LogP contribution in [0, 0.1) is 0 Å². The van der Waals surface area contributed by atoms with Crippen LogP contribution in [0.5, 0.6) is 0 Å². The second kappa shape index (κ2) is 6.58. The number of ether oxygens (including phenoxy) is 1. The van der Waals surface area contributed by atoms with E-state index in [-0.39, 0.29) is 24.2 Å². The van der Waals surface area contributed by atoms with Gasteiger partial charge in [0.25, 0.3) is 0 Å². The molecule has 1 aliphatic heterocycles. The summed E-state index contributed by atoms with van der Waals surface area (Å²) in [4.78, 5) is 12.0. The zero-order chi connectivity index (χ0) is 15.5. The first-order valence-corrected chi connectivity index (χ1v) is 8.77. The Balaban J connectivity index is 2.26. The topological polar surface area (TPSA) is 63.7 Å². The zero-order valence-electron chi connectivity index (χ0n) is 12.4. The summed E-state index contributed by atoms with van der Waals surface area (Å²) in [6.45, 7) is 4.23. The predicted molar refractivity (Wildman–Crippen MR) is 82.2 cm³/mol. The molecular formula is C15H21NO4S. The first-order valence-electron chi connectivity index (χ1n) is 7.16. The van der Waals surface area contributed by atoms with Crippen LogP contribution in [0.25, 0.3) is 0 Å². The molecule has 6 heteroatoms. The number of hydrogen-bond acceptors (Lipinski definition) is 4. The Bertz CT molecular complexity index is 610. The number of Topliss-reactive ketones (excluding diaryl/α,β-unsaturated/α-hetero) is 1. The van der Waals surface area contributed by atoms with Crippen LogP contribution < -0.4 is 4.31 Å². The molecule has 0 unspecified atom stereocenters. The number of fused-ring (bicyclic) bond motifs is 1. The lowest BCUT2D eigenvalue weighted by molar-refractivity contribution is 0.0912. The van der Waals surface area contributed by atoms with E-state index in [0.717, 1.165) is 0 Å². The minimum atomic E-state index is -3.48. The van der Waals surface area contributed by atoms with Gasteiger partial charge in [0.1, 0.15) is 0 Å². The molecule has 1 heterocycles. The van der Waals surface area contributed by atoms with Crippen molar-refractivity contribution in [2.75, 3.05) is 23.2 Å². The number of ketones is 1. The van der Waals surface area contributed by atoms with Crippen molar-refractivity contribution in [1.82, 2.24) is 0 Å². The van der Waals surface area contributed by atoms with Gasteiger partial charge >= 0.3 is 0 Å². The lowest BCUT2D eigenvalue weighted by Gasteiger charge is -2.24. The Kier molecular flexibility index (Phi) is 5.00. The minimum absolute atomic E-state index is 0.00160. The fraction of sp³-hybridized carbons (Fsp3) is 0.533. The largest absolute Gasteiger partial charge is 0.378 e. The second-order valence-electron chi connectivity index (χ2n) is 5.35. The summed E-state index contributed by atoms with van der Waals surface area (Å²) in [5.74, 6) is -0.0741. The second-order valence-corrected chi connectivity index (χ2v) is 7.36. The highest BCUT2D eigenvalue weighted by atomic mass is 32.2. The van der Waals surface area contributed by atoms with Crippen molar-refractivity contribution in [2.24, 2.45) is 0 Å². The number of nitrogens with zero attached hydrogens (tertiary/aromatic N) is 1. The summed E-state index contributed by atoms with van der Waals surface area (Å²) in [7, 11) is -3.48. The van der Waals surface area contributed by atoms with E-state index in [2.05, 4.69) is 0 Å². The molecule has 0 fully saturated rings. The van der Waals surface area contributed by atoms with E-state index in [0.29, 0.717) is 30.6 Å². The number of para-hydroxylation sites is 1. The minimum Gasteiger partial charge on any atom is -0.378 e. The lowest BCUT2D eigenvalue weighted by atomic mass is 10.1. The van der Waals surface area contributed by atoms with Gasteiger partial charge in [0, 0.05) is 18.5 Å². The fourth-order valence-corrected chi connectivity index (χ4v) is 3.75. The van der Waals surface area contributed by atoms with Crippen LogP contribution in [-0.2, 0) is 14.8 Å². The first kappa shape index (κ1) is 16.0. The van der Waals surface area contributed by atoms with Gasteiger partial charge in [-0.25, -0.2) is 8.42 Å². The van der Waals surface area contributed by atoms with Gasteiger partial charge in [-0.2, -0.15) is 0 Å². The summed E-state index contributed by atoms with van der Waals surface area (Å²) in [5, 5.41) is 0. The number of anilines is 1. The van der Waals surface area contributed by atoms with Crippen LogP contribution in [-0.4, -0.2) is 39.2 Å². The monoisotopic (exact) mass is 311 g/mol. The summed E-state index contributed by atoms with van der Waals surface area (Å²) >= 11 is 0. The van der Waals surface area contributed by atoms with Gasteiger partial charge in [0.2, 0.25) is 10.0 Å². The number of sulfonamides is 1. The molecule has 1 aromatic rings. The number of carbonyl (C=O) groups is 1. The average molecular weight is 311 g/mol. The predicted octanol–water partition coefficient (Wildman–Crippen LogP) is 2.22. The van der Waals surface area contributed by atoms with E-state index >= 15 is 0 Å². The van der Waals surface area contributed by atoms with E-state index in [4.69, 9.17) is 4.74 Å². The van der Waals surface area contributed by atoms with Crippen molar-refractivity contribution in [3.05, 3.63) is 29.8 Å². The highest BCUT2D eigenvalue weighted by Crippen LogP contribution is 2.28. The zero-order valence-corrected chi connectivity index (χ0v) is 13.2. The third-order valence-corrected chi connectivity index (χ3v) is 5.10. The van der Waals surface area contributed by atoms with Gasteiger partial charge < -0.3 is 4.74 Å². The lowest BCUT2D eigenvalue weighted by Crippen LogP contribution is -2.35. The summed E-state index contributed by atoms with van der Waals surface area (Å²) in [6, 6.07) is 6.90. The third kappa shape index (κ3) is 3.83. The Morgan fingerprint density at radius 3 is 2.71 bits per heavy atom. The van der Waals surface area contributed by atoms with Crippen LogP contribution in [0.3, 0.4) is 0 Å². The quantitative estimate of drug-likeness (QED) is 0.836. The average Bonchev–Trinajstić information content (AvgIpc) is 2.58. The van der Waals surface area contributed by atoms with Crippen molar-refractivity contribution in [3.63, 3.8) is 0 Å². The molecule has 0 amide bonds. The van der Waals surface area contributed by atoms with Gasteiger partial charge in [-0.1, -0.05) is 12.1 Å². The summed E-state index contributed by atoms with van der Waals surface area (Å²) < 4.78 is 31.7. The van der Waals surface area contributed by atoms with Crippen LogP contribution in [0.2, 0.25) is 0 Å². The van der Waals surface area contributed by atoms with E-state index in [1.54, 1.807) is 24.3 Å². The van der Waals surface area contributed by atoms with E-state index in [1.807, 2.05) is 13.8 Å². The molecule has 0 atom stereocenters. The van der Waals surface area contributed by atoms with Crippen molar-refractivity contribution in [1.29, 1.82) is 0 Å². The molecule has 5 nitrogen and oxygen atoms in total. The van der Waals surface area contributed by atoms with Crippen molar-refractivity contribution < 1.29 is 17.9 Å². The number of rotatable bonds is 5. The highest BCUT2D eigenvalue weighted by molar-refractivity contribution is 7.92. The highest BCUT2D eigenvalue weighted by Gasteiger charge is 2.28. The van der Waals surface area contributed by atoms with Crippen LogP contribution in [0.15, 0.2) is 24.3 Å². The maximum absolute atomic E-state index is 12.5. The smallest absolute Gasteiger partial charge is 0.237 e. The Morgan fingerprint density at radius 1 is 1.29 bits per heavy atom. The van der Waals surface area contributed by atoms with E-state index in [9.17, 15) is 13.2 Å². The van der Waals surface area contributed by atoms with Gasteiger partial charge in [-0.15, -0.1) is 0 Å². The van der Waals surface area contributed by atoms with Crippen molar-refractivity contribution >= 4 is 21.5 Å². The Labute approximate surface area is 126 Å². The molecule has 0 saturated heterocycles. The van der Waals surface area contributed by atoms with E-state index < -0.39 is 10.0 Å². The molecule has 0 N–H and O–H groups in total. The molecule has 116 valence electrons. The molecular weight excluding hydrogens is 290 g/mol. The van der Waals surface area contributed by atoms with Crippen molar-refractivity contribution in [3.8, 4) is 0 Å². The van der Waals surface area contributed by atoms with Gasteiger partial charge in [0.15, 0.2) is 5.78 Å². The van der Waals surface area contributed by atoms with Gasteiger partial charge in [0.05, 0.1) is 24.2 Å². The van der Waals surface area contributed by atoms with Crippen LogP contribution >= 0.6 is 0 Å². The molecule has 2 rings (SSSR count). The maximum atomic E-state index is 12.5. The SMILES string of the molecule is CC(C)OCCS(=O)(=O)N1CCCC(=O)c2ccccc21. The molecule has 0 bridgehead atoms. The molecule has 0 saturated carbocycles. The van der Waals surface area contributed by atoms with Gasteiger partial charge in [-0.3, -0.25) is 9.10 Å². The number of benzene rings is 1. The standard InChI is InChI=1S/C15H21NO4S/c1-12(2)20-10-11-21(18,19)16-9-5-8-15(17)13-6-3-4-7-14(13)16/h3-4,6-7,12H,5,8-11H2,1-2H3. The molecule has 0 aromatic heterocycles. The van der Waals surface area contributed by atoms with Crippen molar-refractivity contribution in [2.45, 2.75) is 32.8 Å². The normalized spacial score (nSPS) is 16.0. The maximum Gasteiger partial charge on any atom is 0.237 e. The van der Waals surface area contributed by atoms with Crippen LogP contribution in [0.1, 0.15) is 37.0 Å². The number of carbonyl (C=O) groups excluding carboxylic acids is 1.